The van der Waals surface area contributed by atoms with E-state index in [-0.39, 0.29) is 5.91 Å². The molecule has 0 bridgehead atoms. The molecule has 0 unspecified atom stereocenters. The summed E-state index contributed by atoms with van der Waals surface area (Å²) in [5.74, 6) is 0.353. The van der Waals surface area contributed by atoms with Crippen molar-refractivity contribution in [1.82, 2.24) is 15.6 Å². The average molecular weight is 513 g/mol. The van der Waals surface area contributed by atoms with Crippen LogP contribution in [0.25, 0.3) is 10.9 Å². The molecule has 4 aromatic rings. The molecule has 38 heavy (non-hydrogen) atoms. The topological polar surface area (TPSA) is 95.2 Å². The highest BCUT2D eigenvalue weighted by molar-refractivity contribution is 6.00. The number of fused-ring (bicyclic) bond motifs is 1. The normalized spacial score (nSPS) is 10.8. The standard InChI is InChI=1S/C31H36N4O3/c1-2-3-4-5-11-19-33-31(37)38-25-16-17-28-27(21-25)23(22-34-28)18-20-32-30(36)26-14-9-10-15-29(26)35-24-12-7-6-8-13-24/h6-10,12-17,21-22,34-35H,2-5,11,18-20H2,1H3,(H,32,36)(H,33,37). The third-order valence-corrected chi connectivity index (χ3v) is 6.40. The fourth-order valence-electron chi connectivity index (χ4n) is 4.36. The molecule has 0 aliphatic carbocycles. The van der Waals surface area contributed by atoms with Crippen LogP contribution in [0, 0.1) is 0 Å². The lowest BCUT2D eigenvalue weighted by Gasteiger charge is -2.12. The van der Waals surface area contributed by atoms with Crippen molar-refractivity contribution in [2.24, 2.45) is 0 Å². The van der Waals surface area contributed by atoms with Gasteiger partial charge in [0.25, 0.3) is 5.91 Å². The number of hydrogen-bond donors (Lipinski definition) is 4. The van der Waals surface area contributed by atoms with Crippen molar-refractivity contribution in [2.75, 3.05) is 18.4 Å². The number of ether oxygens (including phenoxy) is 1. The fraction of sp³-hybridized carbons (Fsp3) is 0.290. The predicted molar refractivity (Wildman–Crippen MR) is 153 cm³/mol. The summed E-state index contributed by atoms with van der Waals surface area (Å²) in [5, 5.41) is 10.1. The number of carbonyl (C=O) groups excluding carboxylic acids is 2. The molecule has 1 aromatic heterocycles. The maximum absolute atomic E-state index is 13.0. The third kappa shape index (κ3) is 7.62. The summed E-state index contributed by atoms with van der Waals surface area (Å²) < 4.78 is 5.50. The van der Waals surface area contributed by atoms with Gasteiger partial charge in [-0.1, -0.05) is 62.9 Å². The summed E-state index contributed by atoms with van der Waals surface area (Å²) in [6.07, 6.45) is 7.81. The number of H-pyrrole nitrogens is 1. The second-order valence-corrected chi connectivity index (χ2v) is 9.29. The van der Waals surface area contributed by atoms with Gasteiger partial charge in [0.1, 0.15) is 5.75 Å². The van der Waals surface area contributed by atoms with E-state index in [1.54, 1.807) is 6.07 Å². The van der Waals surface area contributed by atoms with Gasteiger partial charge in [-0.3, -0.25) is 4.79 Å². The molecule has 0 aliphatic rings. The number of amides is 2. The molecular weight excluding hydrogens is 476 g/mol. The van der Waals surface area contributed by atoms with Crippen molar-refractivity contribution >= 4 is 34.3 Å². The molecular formula is C31H36N4O3. The van der Waals surface area contributed by atoms with E-state index in [2.05, 4.69) is 27.9 Å². The highest BCUT2D eigenvalue weighted by Gasteiger charge is 2.12. The Balaban J connectivity index is 1.30. The summed E-state index contributed by atoms with van der Waals surface area (Å²) in [6, 6.07) is 22.8. The molecule has 7 nitrogen and oxygen atoms in total. The van der Waals surface area contributed by atoms with Crippen LogP contribution in [0.5, 0.6) is 5.75 Å². The Morgan fingerprint density at radius 2 is 1.63 bits per heavy atom. The first-order valence-electron chi connectivity index (χ1n) is 13.4. The van der Waals surface area contributed by atoms with Crippen LogP contribution < -0.4 is 20.7 Å². The van der Waals surface area contributed by atoms with Gasteiger partial charge in [0, 0.05) is 35.9 Å². The zero-order valence-electron chi connectivity index (χ0n) is 21.9. The highest BCUT2D eigenvalue weighted by Crippen LogP contribution is 2.25. The SMILES string of the molecule is CCCCCCCNC(=O)Oc1ccc2[nH]cc(CCNC(=O)c3ccccc3Nc3ccccc3)c2c1. The second-order valence-electron chi connectivity index (χ2n) is 9.29. The average Bonchev–Trinajstić information content (AvgIpc) is 3.33. The molecule has 4 N–H and O–H groups in total. The quantitative estimate of drug-likeness (QED) is 0.146. The van der Waals surface area contributed by atoms with Crippen LogP contribution >= 0.6 is 0 Å². The molecule has 198 valence electrons. The van der Waals surface area contributed by atoms with Crippen LogP contribution in [0.1, 0.15) is 54.9 Å². The number of unbranched alkanes of at least 4 members (excludes halogenated alkanes) is 4. The van der Waals surface area contributed by atoms with Crippen molar-refractivity contribution in [3.8, 4) is 5.75 Å². The zero-order chi connectivity index (χ0) is 26.6. The first kappa shape index (κ1) is 26.8. The number of benzene rings is 3. The number of nitrogens with one attached hydrogen (secondary N) is 4. The molecule has 0 spiro atoms. The summed E-state index contributed by atoms with van der Waals surface area (Å²) in [4.78, 5) is 28.4. The Kier molecular flexibility index (Phi) is 9.79. The Morgan fingerprint density at radius 1 is 0.842 bits per heavy atom. The Bertz CT molecular complexity index is 1330. The van der Waals surface area contributed by atoms with Crippen molar-refractivity contribution in [2.45, 2.75) is 45.4 Å². The maximum Gasteiger partial charge on any atom is 0.412 e. The Morgan fingerprint density at radius 3 is 2.47 bits per heavy atom. The molecule has 0 atom stereocenters. The van der Waals surface area contributed by atoms with Gasteiger partial charge in [0.05, 0.1) is 11.3 Å². The van der Waals surface area contributed by atoms with Crippen LogP contribution in [0.2, 0.25) is 0 Å². The van der Waals surface area contributed by atoms with Crippen LogP contribution in [-0.2, 0) is 6.42 Å². The maximum atomic E-state index is 13.0. The number of aromatic amines is 1. The number of para-hydroxylation sites is 2. The van der Waals surface area contributed by atoms with Crippen LogP contribution in [0.15, 0.2) is 79.0 Å². The lowest BCUT2D eigenvalue weighted by Crippen LogP contribution is -2.27. The third-order valence-electron chi connectivity index (χ3n) is 6.40. The van der Waals surface area contributed by atoms with Crippen molar-refractivity contribution in [3.63, 3.8) is 0 Å². The number of rotatable bonds is 13. The van der Waals surface area contributed by atoms with E-state index in [1.807, 2.05) is 72.9 Å². The molecule has 0 saturated carbocycles. The Hall–Kier alpha value is -4.26. The molecule has 0 fully saturated rings. The molecule has 4 rings (SSSR count). The van der Waals surface area contributed by atoms with Gasteiger partial charge in [-0.2, -0.15) is 0 Å². The largest absolute Gasteiger partial charge is 0.412 e. The molecule has 0 aliphatic heterocycles. The van der Waals surface area contributed by atoms with E-state index in [9.17, 15) is 9.59 Å². The first-order chi connectivity index (χ1) is 18.6. The number of anilines is 2. The predicted octanol–water partition coefficient (Wildman–Crippen LogP) is 6.94. The Labute approximate surface area is 224 Å². The van der Waals surface area contributed by atoms with Gasteiger partial charge in [0.15, 0.2) is 0 Å². The lowest BCUT2D eigenvalue weighted by molar-refractivity contribution is 0.0955. The molecule has 0 saturated heterocycles. The summed E-state index contributed by atoms with van der Waals surface area (Å²) in [5.41, 5.74) is 4.25. The van der Waals surface area contributed by atoms with Crippen molar-refractivity contribution < 1.29 is 14.3 Å². The molecule has 7 heteroatoms. The monoisotopic (exact) mass is 512 g/mol. The van der Waals surface area contributed by atoms with E-state index >= 15 is 0 Å². The lowest BCUT2D eigenvalue weighted by atomic mass is 10.1. The van der Waals surface area contributed by atoms with Crippen LogP contribution in [0.3, 0.4) is 0 Å². The van der Waals surface area contributed by atoms with Crippen LogP contribution in [0.4, 0.5) is 16.2 Å². The summed E-state index contributed by atoms with van der Waals surface area (Å²) in [6.45, 7) is 3.27. The van der Waals surface area contributed by atoms with Gasteiger partial charge >= 0.3 is 6.09 Å². The van der Waals surface area contributed by atoms with Gasteiger partial charge in [-0.25, -0.2) is 4.79 Å². The smallest absolute Gasteiger partial charge is 0.410 e. The van der Waals surface area contributed by atoms with Crippen molar-refractivity contribution in [3.05, 3.63) is 90.1 Å². The van der Waals surface area contributed by atoms with E-state index in [0.717, 1.165) is 40.7 Å². The van der Waals surface area contributed by atoms with Gasteiger partial charge in [0.2, 0.25) is 0 Å². The van der Waals surface area contributed by atoms with E-state index < -0.39 is 6.09 Å². The van der Waals surface area contributed by atoms with E-state index in [0.29, 0.717) is 30.8 Å². The fourth-order valence-corrected chi connectivity index (χ4v) is 4.36. The first-order valence-corrected chi connectivity index (χ1v) is 13.4. The molecule has 1 heterocycles. The van der Waals surface area contributed by atoms with Gasteiger partial charge in [-0.05, 0) is 60.9 Å². The second kappa shape index (κ2) is 13.9. The zero-order valence-corrected chi connectivity index (χ0v) is 21.9. The number of aromatic nitrogens is 1. The highest BCUT2D eigenvalue weighted by atomic mass is 16.6. The molecule has 3 aromatic carbocycles. The van der Waals surface area contributed by atoms with Crippen molar-refractivity contribution in [1.29, 1.82) is 0 Å². The van der Waals surface area contributed by atoms with Crippen LogP contribution in [-0.4, -0.2) is 30.1 Å². The molecule has 0 radical (unpaired) electrons. The van der Waals surface area contributed by atoms with E-state index in [1.165, 1.54) is 19.3 Å². The summed E-state index contributed by atoms with van der Waals surface area (Å²) in [7, 11) is 0. The number of carbonyl (C=O) groups is 2. The van der Waals surface area contributed by atoms with Gasteiger partial charge < -0.3 is 25.7 Å². The molecule has 2 amide bonds. The number of hydrogen-bond acceptors (Lipinski definition) is 4. The van der Waals surface area contributed by atoms with Gasteiger partial charge in [-0.15, -0.1) is 0 Å². The summed E-state index contributed by atoms with van der Waals surface area (Å²) >= 11 is 0. The van der Waals surface area contributed by atoms with E-state index in [4.69, 9.17) is 4.74 Å². The minimum atomic E-state index is -0.438. The minimum Gasteiger partial charge on any atom is -0.410 e. The minimum absolute atomic E-state index is 0.140.